The van der Waals surface area contributed by atoms with Crippen molar-refractivity contribution < 1.29 is 9.32 Å². The van der Waals surface area contributed by atoms with Gasteiger partial charge in [-0.2, -0.15) is 0 Å². The highest BCUT2D eigenvalue weighted by atomic mass is 16.5. The molecule has 8 nitrogen and oxygen atoms in total. The third-order valence-corrected chi connectivity index (χ3v) is 5.05. The van der Waals surface area contributed by atoms with E-state index in [0.29, 0.717) is 17.9 Å². The molecule has 1 saturated heterocycles. The molecule has 3 aromatic rings. The number of anilines is 1. The minimum absolute atomic E-state index is 0.0148. The molecule has 4 heterocycles. The number of nitrogens with zero attached hydrogens (tertiary/aromatic N) is 5. The Hall–Kier alpha value is -2.90. The van der Waals surface area contributed by atoms with Crippen LogP contribution in [-0.4, -0.2) is 56.6 Å². The minimum atomic E-state index is -0.0148. The number of amides is 1. The number of aromatic amines is 1. The Morgan fingerprint density at radius 3 is 3.12 bits per heavy atom. The van der Waals surface area contributed by atoms with Crippen LogP contribution in [0.15, 0.2) is 29.3 Å². The Morgan fingerprint density at radius 1 is 1.46 bits per heavy atom. The molecule has 1 N–H and O–H groups in total. The molecule has 1 atom stereocenters. The highest BCUT2D eigenvalue weighted by Crippen LogP contribution is 2.27. The van der Waals surface area contributed by atoms with E-state index in [1.807, 2.05) is 17.2 Å². The summed E-state index contributed by atoms with van der Waals surface area (Å²) >= 11 is 0. The van der Waals surface area contributed by atoms with Crippen molar-refractivity contribution in [1.82, 2.24) is 25.0 Å². The summed E-state index contributed by atoms with van der Waals surface area (Å²) in [5.74, 6) is 1.47. The van der Waals surface area contributed by atoms with Gasteiger partial charge in [0.05, 0.1) is 11.6 Å². The maximum atomic E-state index is 12.8. The Bertz CT molecular complexity index is 917. The van der Waals surface area contributed by atoms with Crippen molar-refractivity contribution >= 4 is 22.8 Å². The number of likely N-dealkylation sites (N-methyl/N-ethyl adjacent to an activating group) is 1. The molecular formula is C18H22N6O2. The standard InChI is InChI=1S/C18H22N6O2/c1-3-24(17-14-6-7-19-16(14)20-11-21-17)13-5-4-8-23(10-13)18(25)15-9-22-26-12(15)2/h6-7,9,11,13H,3-5,8,10H2,1-2H3,(H,19,20,21). The fourth-order valence-electron chi connectivity index (χ4n) is 3.74. The van der Waals surface area contributed by atoms with E-state index in [1.54, 1.807) is 13.3 Å². The van der Waals surface area contributed by atoms with E-state index in [9.17, 15) is 4.79 Å². The zero-order chi connectivity index (χ0) is 18.1. The van der Waals surface area contributed by atoms with Crippen LogP contribution in [0.2, 0.25) is 0 Å². The first-order valence-electron chi connectivity index (χ1n) is 8.94. The molecule has 8 heteroatoms. The zero-order valence-corrected chi connectivity index (χ0v) is 15.0. The Kier molecular flexibility index (Phi) is 4.32. The molecule has 1 aliphatic rings. The molecule has 136 valence electrons. The molecule has 1 aliphatic heterocycles. The molecular weight excluding hydrogens is 332 g/mol. The van der Waals surface area contributed by atoms with Crippen molar-refractivity contribution in [2.24, 2.45) is 0 Å². The molecule has 1 unspecified atom stereocenters. The highest BCUT2D eigenvalue weighted by molar-refractivity contribution is 5.95. The van der Waals surface area contributed by atoms with Gasteiger partial charge in [0.2, 0.25) is 0 Å². The molecule has 4 rings (SSSR count). The van der Waals surface area contributed by atoms with Crippen LogP contribution in [0, 0.1) is 6.92 Å². The van der Waals surface area contributed by atoms with Crippen LogP contribution in [-0.2, 0) is 0 Å². The Morgan fingerprint density at radius 2 is 2.35 bits per heavy atom. The van der Waals surface area contributed by atoms with Gasteiger partial charge in [-0.05, 0) is 32.8 Å². The summed E-state index contributed by atoms with van der Waals surface area (Å²) < 4.78 is 5.05. The minimum Gasteiger partial charge on any atom is -0.361 e. The second-order valence-electron chi connectivity index (χ2n) is 6.57. The van der Waals surface area contributed by atoms with Crippen molar-refractivity contribution in [2.75, 3.05) is 24.5 Å². The molecule has 1 fully saturated rings. The summed E-state index contributed by atoms with van der Waals surface area (Å²) in [6.45, 7) is 6.11. The molecule has 1 amide bonds. The van der Waals surface area contributed by atoms with Gasteiger partial charge >= 0.3 is 0 Å². The van der Waals surface area contributed by atoms with Crippen LogP contribution in [0.5, 0.6) is 0 Å². The summed E-state index contributed by atoms with van der Waals surface area (Å²) in [5, 5.41) is 4.74. The largest absolute Gasteiger partial charge is 0.361 e. The van der Waals surface area contributed by atoms with Gasteiger partial charge < -0.3 is 19.3 Å². The van der Waals surface area contributed by atoms with E-state index >= 15 is 0 Å². The van der Waals surface area contributed by atoms with Gasteiger partial charge in [-0.1, -0.05) is 5.16 Å². The van der Waals surface area contributed by atoms with Gasteiger partial charge in [0, 0.05) is 31.9 Å². The van der Waals surface area contributed by atoms with Crippen molar-refractivity contribution in [3.8, 4) is 0 Å². The summed E-state index contributed by atoms with van der Waals surface area (Å²) in [4.78, 5) is 28.9. The smallest absolute Gasteiger partial charge is 0.259 e. The molecule has 26 heavy (non-hydrogen) atoms. The number of nitrogens with one attached hydrogen (secondary N) is 1. The molecule has 0 aromatic carbocycles. The third-order valence-electron chi connectivity index (χ3n) is 5.05. The second-order valence-corrected chi connectivity index (χ2v) is 6.57. The lowest BCUT2D eigenvalue weighted by molar-refractivity contribution is 0.0704. The number of fused-ring (bicyclic) bond motifs is 1. The van der Waals surface area contributed by atoms with Crippen LogP contribution < -0.4 is 4.90 Å². The third kappa shape index (κ3) is 2.81. The first kappa shape index (κ1) is 16.6. The monoisotopic (exact) mass is 354 g/mol. The number of aromatic nitrogens is 4. The van der Waals surface area contributed by atoms with Crippen molar-refractivity contribution in [3.05, 3.63) is 36.1 Å². The number of piperidine rings is 1. The average Bonchev–Trinajstić information content (AvgIpc) is 3.31. The number of carbonyl (C=O) groups is 1. The average molecular weight is 354 g/mol. The van der Waals surface area contributed by atoms with E-state index in [-0.39, 0.29) is 11.9 Å². The summed E-state index contributed by atoms with van der Waals surface area (Å²) in [5.41, 5.74) is 1.38. The maximum Gasteiger partial charge on any atom is 0.259 e. The van der Waals surface area contributed by atoms with Crippen LogP contribution in [0.3, 0.4) is 0 Å². The molecule has 0 bridgehead atoms. The van der Waals surface area contributed by atoms with Crippen LogP contribution in [0.4, 0.5) is 5.82 Å². The predicted octanol–water partition coefficient (Wildman–Crippen LogP) is 2.39. The van der Waals surface area contributed by atoms with Gasteiger partial charge in [0.15, 0.2) is 0 Å². The molecule has 0 spiro atoms. The lowest BCUT2D eigenvalue weighted by Crippen LogP contribution is -2.50. The molecule has 0 aliphatic carbocycles. The van der Waals surface area contributed by atoms with Crippen LogP contribution in [0.25, 0.3) is 11.0 Å². The van der Waals surface area contributed by atoms with Crippen molar-refractivity contribution in [2.45, 2.75) is 32.7 Å². The highest BCUT2D eigenvalue weighted by Gasteiger charge is 2.30. The Labute approximate surface area is 151 Å². The maximum absolute atomic E-state index is 12.8. The fraction of sp³-hybridized carbons (Fsp3) is 0.444. The van der Waals surface area contributed by atoms with Crippen LogP contribution in [0.1, 0.15) is 35.9 Å². The molecule has 3 aromatic heterocycles. The van der Waals surface area contributed by atoms with E-state index < -0.39 is 0 Å². The lowest BCUT2D eigenvalue weighted by atomic mass is 10.0. The second kappa shape index (κ2) is 6.78. The molecule has 0 saturated carbocycles. The number of aryl methyl sites for hydroxylation is 1. The first-order valence-corrected chi connectivity index (χ1v) is 8.94. The topological polar surface area (TPSA) is 91.2 Å². The van der Waals surface area contributed by atoms with E-state index in [0.717, 1.165) is 42.8 Å². The summed E-state index contributed by atoms with van der Waals surface area (Å²) in [7, 11) is 0. The van der Waals surface area contributed by atoms with Crippen molar-refractivity contribution in [1.29, 1.82) is 0 Å². The number of carbonyl (C=O) groups excluding carboxylic acids is 1. The van der Waals surface area contributed by atoms with Crippen molar-refractivity contribution in [3.63, 3.8) is 0 Å². The van der Waals surface area contributed by atoms with Gasteiger partial charge in [-0.3, -0.25) is 4.79 Å². The SMILES string of the molecule is CCN(c1ncnc2[nH]ccc12)C1CCCN(C(=O)c2cnoc2C)C1. The first-order chi connectivity index (χ1) is 12.7. The summed E-state index contributed by atoms with van der Waals surface area (Å²) in [6, 6.07) is 2.21. The normalized spacial score (nSPS) is 17.6. The van der Waals surface area contributed by atoms with E-state index in [4.69, 9.17) is 4.52 Å². The predicted molar refractivity (Wildman–Crippen MR) is 97.1 cm³/mol. The van der Waals surface area contributed by atoms with Gasteiger partial charge in [-0.25, -0.2) is 9.97 Å². The van der Waals surface area contributed by atoms with Crippen LogP contribution >= 0.6 is 0 Å². The fourth-order valence-corrected chi connectivity index (χ4v) is 3.74. The lowest BCUT2D eigenvalue weighted by Gasteiger charge is -2.39. The quantitative estimate of drug-likeness (QED) is 0.773. The molecule has 0 radical (unpaired) electrons. The number of hydrogen-bond acceptors (Lipinski definition) is 6. The van der Waals surface area contributed by atoms with Gasteiger partial charge in [-0.15, -0.1) is 0 Å². The number of hydrogen-bond donors (Lipinski definition) is 1. The Balaban J connectivity index is 1.59. The van der Waals surface area contributed by atoms with Gasteiger partial charge in [0.25, 0.3) is 5.91 Å². The number of likely N-dealkylation sites (tertiary alicyclic amines) is 1. The van der Waals surface area contributed by atoms with E-state index in [2.05, 4.69) is 31.9 Å². The number of H-pyrrole nitrogens is 1. The number of rotatable bonds is 4. The van der Waals surface area contributed by atoms with E-state index in [1.165, 1.54) is 6.20 Å². The van der Waals surface area contributed by atoms with Gasteiger partial charge in [0.1, 0.15) is 29.1 Å². The summed E-state index contributed by atoms with van der Waals surface area (Å²) in [6.07, 6.45) is 6.95. The zero-order valence-electron chi connectivity index (χ0n) is 15.0.